The number of benzene rings is 2. The van der Waals surface area contributed by atoms with Crippen molar-refractivity contribution in [3.63, 3.8) is 0 Å². The van der Waals surface area contributed by atoms with E-state index in [1.165, 1.54) is 61.0 Å². The number of methoxy groups -OCH3 is 2. The molecule has 0 bridgehead atoms. The fourth-order valence-electron chi connectivity index (χ4n) is 3.58. The van der Waals surface area contributed by atoms with E-state index in [0.29, 0.717) is 13.1 Å². The zero-order valence-corrected chi connectivity index (χ0v) is 19.3. The van der Waals surface area contributed by atoms with Crippen molar-refractivity contribution in [2.24, 2.45) is 0 Å². The molecule has 2 aromatic carbocycles. The van der Waals surface area contributed by atoms with Crippen LogP contribution in [0.15, 0.2) is 47.4 Å². The van der Waals surface area contributed by atoms with Crippen LogP contribution in [0.3, 0.4) is 0 Å². The van der Waals surface area contributed by atoms with Gasteiger partial charge in [-0.05, 0) is 55.3 Å². The van der Waals surface area contributed by atoms with Crippen molar-refractivity contribution in [3.05, 3.63) is 59.2 Å². The van der Waals surface area contributed by atoms with Gasteiger partial charge in [0.25, 0.3) is 5.91 Å². The van der Waals surface area contributed by atoms with Crippen molar-refractivity contribution in [1.82, 2.24) is 4.31 Å². The van der Waals surface area contributed by atoms with E-state index in [9.17, 15) is 22.8 Å². The Hall–Kier alpha value is -3.24. The van der Waals surface area contributed by atoms with Gasteiger partial charge in [-0.2, -0.15) is 4.31 Å². The monoisotopic (exact) mass is 474 g/mol. The Morgan fingerprint density at radius 3 is 1.79 bits per heavy atom. The fourth-order valence-corrected chi connectivity index (χ4v) is 5.10. The zero-order chi connectivity index (χ0) is 24.0. The Morgan fingerprint density at radius 2 is 1.30 bits per heavy atom. The maximum absolute atomic E-state index is 12.9. The number of anilines is 1. The van der Waals surface area contributed by atoms with Crippen LogP contribution in [0.25, 0.3) is 0 Å². The first-order chi connectivity index (χ1) is 15.8. The van der Waals surface area contributed by atoms with E-state index in [4.69, 9.17) is 0 Å². The molecular formula is C23H26N2O7S. The number of carbonyl (C=O) groups is 3. The van der Waals surface area contributed by atoms with E-state index >= 15 is 0 Å². The molecule has 1 aliphatic heterocycles. The molecule has 3 rings (SSSR count). The number of amides is 1. The lowest BCUT2D eigenvalue weighted by Crippen LogP contribution is -2.31. The second-order valence-electron chi connectivity index (χ2n) is 7.58. The molecular weight excluding hydrogens is 448 g/mol. The quantitative estimate of drug-likeness (QED) is 0.639. The first kappa shape index (κ1) is 24.4. The first-order valence-corrected chi connectivity index (χ1v) is 11.9. The molecule has 1 amide bonds. The maximum atomic E-state index is 12.9. The lowest BCUT2D eigenvalue weighted by molar-refractivity contribution is 0.0598. The molecule has 1 aliphatic rings. The molecule has 9 nitrogen and oxygen atoms in total. The topological polar surface area (TPSA) is 119 Å². The molecule has 0 aliphatic carbocycles. The number of hydrogen-bond donors (Lipinski definition) is 1. The first-order valence-electron chi connectivity index (χ1n) is 10.5. The van der Waals surface area contributed by atoms with Crippen molar-refractivity contribution < 1.29 is 32.3 Å². The molecule has 1 heterocycles. The highest BCUT2D eigenvalue weighted by atomic mass is 32.2. The Morgan fingerprint density at radius 1 is 0.788 bits per heavy atom. The summed E-state index contributed by atoms with van der Waals surface area (Å²) in [6.07, 6.45) is 3.69. The van der Waals surface area contributed by atoms with E-state index in [1.54, 1.807) is 0 Å². The SMILES string of the molecule is COC(=O)c1cc(NC(=O)c2ccc(S(=O)(=O)N3CCCCCC3)cc2)cc(C(=O)OC)c1. The standard InChI is InChI=1S/C23H26N2O7S/c1-31-22(27)17-13-18(23(28)32-2)15-19(14-17)24-21(26)16-7-9-20(10-8-16)33(29,30)25-11-5-3-4-6-12-25/h7-10,13-15H,3-6,11-12H2,1-2H3,(H,24,26). The molecule has 0 spiro atoms. The number of nitrogens with zero attached hydrogens (tertiary/aromatic N) is 1. The summed E-state index contributed by atoms with van der Waals surface area (Å²) in [5.74, 6) is -1.90. The third-order valence-electron chi connectivity index (χ3n) is 5.35. The summed E-state index contributed by atoms with van der Waals surface area (Å²) in [6.45, 7) is 0.979. The van der Waals surface area contributed by atoms with Crippen molar-refractivity contribution in [1.29, 1.82) is 0 Å². The van der Waals surface area contributed by atoms with Gasteiger partial charge in [0, 0.05) is 24.3 Å². The van der Waals surface area contributed by atoms with Gasteiger partial charge < -0.3 is 14.8 Å². The largest absolute Gasteiger partial charge is 0.465 e. The maximum Gasteiger partial charge on any atom is 0.337 e. The van der Waals surface area contributed by atoms with Crippen LogP contribution in [-0.4, -0.2) is 57.9 Å². The number of ether oxygens (including phenoxy) is 2. The van der Waals surface area contributed by atoms with Crippen LogP contribution in [-0.2, 0) is 19.5 Å². The van der Waals surface area contributed by atoms with E-state index in [0.717, 1.165) is 25.7 Å². The summed E-state index contributed by atoms with van der Waals surface area (Å²) in [6, 6.07) is 9.69. The number of esters is 2. The molecule has 10 heteroatoms. The van der Waals surface area contributed by atoms with Gasteiger partial charge in [-0.15, -0.1) is 0 Å². The predicted molar refractivity (Wildman–Crippen MR) is 121 cm³/mol. The summed E-state index contributed by atoms with van der Waals surface area (Å²) in [7, 11) is -1.22. The fraction of sp³-hybridized carbons (Fsp3) is 0.348. The van der Waals surface area contributed by atoms with E-state index in [1.807, 2.05) is 0 Å². The predicted octanol–water partition coefficient (Wildman–Crippen LogP) is 3.08. The second-order valence-corrected chi connectivity index (χ2v) is 9.52. The lowest BCUT2D eigenvalue weighted by Gasteiger charge is -2.20. The molecule has 33 heavy (non-hydrogen) atoms. The van der Waals surface area contributed by atoms with Crippen LogP contribution in [0.2, 0.25) is 0 Å². The molecule has 1 N–H and O–H groups in total. The summed E-state index contributed by atoms with van der Waals surface area (Å²) >= 11 is 0. The highest BCUT2D eigenvalue weighted by Crippen LogP contribution is 2.22. The highest BCUT2D eigenvalue weighted by molar-refractivity contribution is 7.89. The molecule has 0 unspecified atom stereocenters. The third-order valence-corrected chi connectivity index (χ3v) is 7.27. The van der Waals surface area contributed by atoms with Gasteiger partial charge >= 0.3 is 11.9 Å². The Kier molecular flexibility index (Phi) is 7.83. The van der Waals surface area contributed by atoms with E-state index < -0.39 is 27.9 Å². The van der Waals surface area contributed by atoms with Crippen LogP contribution < -0.4 is 5.32 Å². The number of sulfonamides is 1. The Bertz CT molecular complexity index is 1100. The minimum Gasteiger partial charge on any atom is -0.465 e. The Labute approximate surface area is 192 Å². The Balaban J connectivity index is 1.81. The zero-order valence-electron chi connectivity index (χ0n) is 18.5. The average molecular weight is 475 g/mol. The molecule has 1 saturated heterocycles. The van der Waals surface area contributed by atoms with Crippen LogP contribution in [0.5, 0.6) is 0 Å². The summed E-state index contributed by atoms with van der Waals surface area (Å²) < 4.78 is 36.7. The van der Waals surface area contributed by atoms with Gasteiger partial charge in [0.05, 0.1) is 30.2 Å². The van der Waals surface area contributed by atoms with E-state index in [2.05, 4.69) is 14.8 Å². The van der Waals surface area contributed by atoms with E-state index in [-0.39, 0.29) is 27.3 Å². The van der Waals surface area contributed by atoms with Gasteiger partial charge in [-0.25, -0.2) is 18.0 Å². The summed E-state index contributed by atoms with van der Waals surface area (Å²) in [4.78, 5) is 36.7. The van der Waals surface area contributed by atoms with Gasteiger partial charge in [-0.1, -0.05) is 12.8 Å². The highest BCUT2D eigenvalue weighted by Gasteiger charge is 2.25. The second kappa shape index (κ2) is 10.6. The molecule has 0 atom stereocenters. The average Bonchev–Trinajstić information content (AvgIpc) is 3.13. The normalized spacial score (nSPS) is 14.7. The van der Waals surface area contributed by atoms with Crippen LogP contribution in [0.1, 0.15) is 56.8 Å². The number of rotatable bonds is 6. The molecule has 0 aromatic heterocycles. The molecule has 0 saturated carbocycles. The third kappa shape index (κ3) is 5.77. The molecule has 0 radical (unpaired) electrons. The minimum absolute atomic E-state index is 0.0644. The lowest BCUT2D eigenvalue weighted by atomic mass is 10.1. The van der Waals surface area contributed by atoms with Gasteiger partial charge in [0.2, 0.25) is 10.0 Å². The summed E-state index contributed by atoms with van der Waals surface area (Å²) in [5.41, 5.74) is 0.529. The number of carbonyl (C=O) groups excluding carboxylic acids is 3. The molecule has 2 aromatic rings. The van der Waals surface area contributed by atoms with Gasteiger partial charge in [0.1, 0.15) is 0 Å². The van der Waals surface area contributed by atoms with Crippen molar-refractivity contribution in [3.8, 4) is 0 Å². The van der Waals surface area contributed by atoms with Crippen molar-refractivity contribution in [2.75, 3.05) is 32.6 Å². The number of hydrogen-bond acceptors (Lipinski definition) is 7. The van der Waals surface area contributed by atoms with Crippen LogP contribution in [0.4, 0.5) is 5.69 Å². The van der Waals surface area contributed by atoms with Crippen LogP contribution >= 0.6 is 0 Å². The summed E-state index contributed by atoms with van der Waals surface area (Å²) in [5, 5.41) is 2.61. The van der Waals surface area contributed by atoms with Gasteiger partial charge in [0.15, 0.2) is 0 Å². The molecule has 176 valence electrons. The smallest absolute Gasteiger partial charge is 0.337 e. The van der Waals surface area contributed by atoms with Crippen molar-refractivity contribution >= 4 is 33.6 Å². The van der Waals surface area contributed by atoms with Gasteiger partial charge in [-0.3, -0.25) is 4.79 Å². The molecule has 1 fully saturated rings. The number of nitrogens with one attached hydrogen (secondary N) is 1. The van der Waals surface area contributed by atoms with Crippen LogP contribution in [0, 0.1) is 0 Å². The minimum atomic E-state index is -3.62. The van der Waals surface area contributed by atoms with Crippen molar-refractivity contribution in [2.45, 2.75) is 30.6 Å².